The molecule has 0 aliphatic carbocycles. The number of para-hydroxylation sites is 2. The van der Waals surface area contributed by atoms with Crippen molar-refractivity contribution in [1.29, 1.82) is 0 Å². The van der Waals surface area contributed by atoms with Crippen LogP contribution in [0, 0.1) is 6.92 Å². The van der Waals surface area contributed by atoms with Crippen LogP contribution in [0.2, 0.25) is 0 Å². The van der Waals surface area contributed by atoms with E-state index in [0.29, 0.717) is 55.8 Å². The van der Waals surface area contributed by atoms with Crippen LogP contribution in [0.1, 0.15) is 15.9 Å². The largest absolute Gasteiger partial charge is 0.455 e. The Labute approximate surface area is 247 Å². The molecule has 3 heterocycles. The first-order chi connectivity index (χ1) is 20.5. The summed E-state index contributed by atoms with van der Waals surface area (Å²) in [5, 5.41) is 3.17. The molecule has 0 saturated heterocycles. The van der Waals surface area contributed by atoms with E-state index in [1.165, 1.54) is 18.7 Å². The Kier molecular flexibility index (Phi) is 6.69. The van der Waals surface area contributed by atoms with Gasteiger partial charge in [-0.1, -0.05) is 42.0 Å². The summed E-state index contributed by atoms with van der Waals surface area (Å²) in [4.78, 5) is 31.0. The van der Waals surface area contributed by atoms with E-state index in [2.05, 4.69) is 10.3 Å². The van der Waals surface area contributed by atoms with Crippen LogP contribution in [-0.4, -0.2) is 44.2 Å². The van der Waals surface area contributed by atoms with E-state index in [4.69, 9.17) is 8.83 Å². The molecule has 0 atom stereocenters. The lowest BCUT2D eigenvalue weighted by molar-refractivity contribution is 0.0964. The Morgan fingerprint density at radius 2 is 1.67 bits per heavy atom. The number of pyridine rings is 1. The number of fused-ring (bicyclic) bond motifs is 2. The SMILES string of the molecule is CNC(=O)c1c(-c2ccc(C)cc2)oc2cc(N(C)S(C)(=O)=O)c(-c3cc(-c4nc5ccccc5o4)c(=O)n(C)c3)cc12. The maximum atomic E-state index is 13.3. The van der Waals surface area contributed by atoms with Gasteiger partial charge in [-0.15, -0.1) is 0 Å². The number of aromatic nitrogens is 2. The molecule has 0 saturated carbocycles. The second kappa shape index (κ2) is 10.3. The predicted octanol–water partition coefficient (Wildman–Crippen LogP) is 5.34. The lowest BCUT2D eigenvalue weighted by atomic mass is 9.98. The summed E-state index contributed by atoms with van der Waals surface area (Å²) in [5.41, 5.74) is 4.61. The van der Waals surface area contributed by atoms with Gasteiger partial charge in [-0.2, -0.15) is 0 Å². The van der Waals surface area contributed by atoms with Crippen molar-refractivity contribution in [3.05, 3.63) is 94.4 Å². The number of carbonyl (C=O) groups is 1. The van der Waals surface area contributed by atoms with Crippen LogP contribution in [0.4, 0.5) is 5.69 Å². The Balaban J connectivity index is 1.66. The van der Waals surface area contributed by atoms with Crippen molar-refractivity contribution >= 4 is 43.7 Å². The molecule has 0 radical (unpaired) electrons. The zero-order valence-corrected chi connectivity index (χ0v) is 24.9. The van der Waals surface area contributed by atoms with Crippen LogP contribution in [0.5, 0.6) is 0 Å². The van der Waals surface area contributed by atoms with E-state index >= 15 is 0 Å². The van der Waals surface area contributed by atoms with Gasteiger partial charge in [0.15, 0.2) is 5.58 Å². The number of amides is 1. The van der Waals surface area contributed by atoms with Crippen molar-refractivity contribution < 1.29 is 22.0 Å². The zero-order chi connectivity index (χ0) is 30.6. The van der Waals surface area contributed by atoms with E-state index in [1.54, 1.807) is 43.6 Å². The molecule has 3 aromatic heterocycles. The third-order valence-corrected chi connectivity index (χ3v) is 8.62. The zero-order valence-electron chi connectivity index (χ0n) is 24.1. The number of anilines is 1. The second-order valence-electron chi connectivity index (χ2n) is 10.4. The van der Waals surface area contributed by atoms with Gasteiger partial charge in [0.25, 0.3) is 11.5 Å². The molecule has 3 aromatic carbocycles. The van der Waals surface area contributed by atoms with Gasteiger partial charge in [-0.25, -0.2) is 13.4 Å². The summed E-state index contributed by atoms with van der Waals surface area (Å²) in [6.07, 6.45) is 2.71. The van der Waals surface area contributed by atoms with Gasteiger partial charge in [0.2, 0.25) is 15.9 Å². The third-order valence-electron chi connectivity index (χ3n) is 7.43. The number of nitrogens with zero attached hydrogens (tertiary/aromatic N) is 3. The fourth-order valence-electron chi connectivity index (χ4n) is 5.06. The van der Waals surface area contributed by atoms with Gasteiger partial charge in [-0.3, -0.25) is 13.9 Å². The van der Waals surface area contributed by atoms with Crippen molar-refractivity contribution in [1.82, 2.24) is 14.9 Å². The Morgan fingerprint density at radius 3 is 2.35 bits per heavy atom. The normalized spacial score (nSPS) is 11.7. The molecule has 6 rings (SSSR count). The molecule has 43 heavy (non-hydrogen) atoms. The summed E-state index contributed by atoms with van der Waals surface area (Å²) < 4.78 is 40.3. The van der Waals surface area contributed by atoms with Gasteiger partial charge >= 0.3 is 0 Å². The highest BCUT2D eigenvalue weighted by Gasteiger charge is 2.26. The van der Waals surface area contributed by atoms with E-state index in [9.17, 15) is 18.0 Å². The number of hydrogen-bond acceptors (Lipinski definition) is 7. The summed E-state index contributed by atoms with van der Waals surface area (Å²) in [6.45, 7) is 1.96. The van der Waals surface area contributed by atoms with Crippen molar-refractivity contribution in [2.45, 2.75) is 6.92 Å². The average Bonchev–Trinajstić information content (AvgIpc) is 3.58. The minimum atomic E-state index is -3.72. The number of nitrogens with one attached hydrogen (secondary N) is 1. The van der Waals surface area contributed by atoms with Crippen LogP contribution in [0.3, 0.4) is 0 Å². The van der Waals surface area contributed by atoms with Crippen molar-refractivity contribution in [3.8, 4) is 33.9 Å². The highest BCUT2D eigenvalue weighted by molar-refractivity contribution is 7.92. The number of sulfonamides is 1. The van der Waals surface area contributed by atoms with Gasteiger partial charge in [0.05, 0.1) is 17.5 Å². The first kappa shape index (κ1) is 28.0. The monoisotopic (exact) mass is 596 g/mol. The molecule has 0 bridgehead atoms. The smallest absolute Gasteiger partial charge is 0.263 e. The van der Waals surface area contributed by atoms with Gasteiger partial charge in [0.1, 0.15) is 22.4 Å². The van der Waals surface area contributed by atoms with Gasteiger partial charge < -0.3 is 18.7 Å². The first-order valence-corrected chi connectivity index (χ1v) is 15.2. The number of hydrogen-bond donors (Lipinski definition) is 1. The number of carbonyl (C=O) groups excluding carboxylic acids is 1. The van der Waals surface area contributed by atoms with Crippen molar-refractivity contribution in [3.63, 3.8) is 0 Å². The quantitative estimate of drug-likeness (QED) is 0.275. The summed E-state index contributed by atoms with van der Waals surface area (Å²) >= 11 is 0. The second-order valence-corrected chi connectivity index (χ2v) is 12.4. The summed E-state index contributed by atoms with van der Waals surface area (Å²) in [6, 6.07) is 19.7. The molecule has 10 nitrogen and oxygen atoms in total. The number of oxazole rings is 1. The van der Waals surface area contributed by atoms with E-state index in [1.807, 2.05) is 43.3 Å². The van der Waals surface area contributed by atoms with Crippen molar-refractivity contribution in [2.24, 2.45) is 7.05 Å². The predicted molar refractivity (Wildman–Crippen MR) is 167 cm³/mol. The van der Waals surface area contributed by atoms with Crippen molar-refractivity contribution in [2.75, 3.05) is 24.7 Å². The van der Waals surface area contributed by atoms with E-state index < -0.39 is 10.0 Å². The fourth-order valence-corrected chi connectivity index (χ4v) is 5.57. The fraction of sp³-hybridized carbons (Fsp3) is 0.156. The highest BCUT2D eigenvalue weighted by Crippen LogP contribution is 2.41. The number of aryl methyl sites for hydroxylation is 2. The highest BCUT2D eigenvalue weighted by atomic mass is 32.2. The molecular formula is C32H28N4O6S. The molecule has 0 aliphatic rings. The molecular weight excluding hydrogens is 568 g/mol. The Hall–Kier alpha value is -5.16. The lowest BCUT2D eigenvalue weighted by Crippen LogP contribution is -2.25. The summed E-state index contributed by atoms with van der Waals surface area (Å²) in [7, 11) is 0.848. The Morgan fingerprint density at radius 1 is 0.953 bits per heavy atom. The molecule has 0 aliphatic heterocycles. The molecule has 1 N–H and O–H groups in total. The lowest BCUT2D eigenvalue weighted by Gasteiger charge is -2.21. The number of rotatable bonds is 6. The van der Waals surface area contributed by atoms with E-state index in [0.717, 1.165) is 16.1 Å². The topological polar surface area (TPSA) is 128 Å². The standard InChI is InChI=1S/C32H28N4O6S/c1-18-10-12-19(13-11-18)29-28(30(37)33-2)22-15-21(25(16-27(22)41-29)36(4)43(5,39)40)20-14-23(32(38)35(3)17-20)31-34-24-8-6-7-9-26(24)42-31/h6-17H,1-5H3,(H,33,37). The number of benzene rings is 3. The third kappa shape index (κ3) is 4.87. The van der Waals surface area contributed by atoms with Gasteiger partial charge in [-0.05, 0) is 31.2 Å². The maximum absolute atomic E-state index is 13.3. The van der Waals surface area contributed by atoms with Gasteiger partial charge in [0, 0.05) is 55.5 Å². The molecule has 0 spiro atoms. The summed E-state index contributed by atoms with van der Waals surface area (Å²) in [5.74, 6) is 0.128. The first-order valence-electron chi connectivity index (χ1n) is 13.4. The Bertz CT molecular complexity index is 2190. The van der Waals surface area contributed by atoms with E-state index in [-0.39, 0.29) is 22.9 Å². The minimum absolute atomic E-state index is 0.138. The maximum Gasteiger partial charge on any atom is 0.263 e. The van der Waals surface area contributed by atoms with Crippen LogP contribution in [0.25, 0.3) is 56.0 Å². The molecule has 0 fully saturated rings. The molecule has 6 aromatic rings. The molecule has 218 valence electrons. The average molecular weight is 597 g/mol. The van der Waals surface area contributed by atoms with Crippen LogP contribution in [0.15, 0.2) is 86.6 Å². The molecule has 0 unspecified atom stereocenters. The molecule has 1 amide bonds. The molecule has 11 heteroatoms. The van der Waals surface area contributed by atoms with Crippen LogP contribution < -0.4 is 15.2 Å². The minimum Gasteiger partial charge on any atom is -0.455 e. The van der Waals surface area contributed by atoms with Crippen LogP contribution >= 0.6 is 0 Å². The number of furan rings is 1. The van der Waals surface area contributed by atoms with Crippen LogP contribution in [-0.2, 0) is 17.1 Å².